The van der Waals surface area contributed by atoms with Crippen molar-refractivity contribution < 1.29 is 4.79 Å². The summed E-state index contributed by atoms with van der Waals surface area (Å²) < 4.78 is 0. The Kier molecular flexibility index (Phi) is 4.88. The van der Waals surface area contributed by atoms with E-state index in [2.05, 4.69) is 31.4 Å². The third kappa shape index (κ3) is 3.50. The molecule has 1 saturated heterocycles. The van der Waals surface area contributed by atoms with E-state index in [0.717, 1.165) is 56.9 Å². The third-order valence-electron chi connectivity index (χ3n) is 4.87. The molecule has 1 aliphatic heterocycles. The van der Waals surface area contributed by atoms with Crippen molar-refractivity contribution in [2.45, 2.75) is 77.3 Å². The highest BCUT2D eigenvalue weighted by molar-refractivity contribution is 5.87. The molecule has 0 spiro atoms. The van der Waals surface area contributed by atoms with E-state index in [1.165, 1.54) is 6.42 Å². The van der Waals surface area contributed by atoms with Gasteiger partial charge in [0, 0.05) is 6.04 Å². The van der Waals surface area contributed by atoms with Crippen molar-refractivity contribution in [3.8, 4) is 0 Å². The molecule has 1 heterocycles. The first-order valence-corrected chi connectivity index (χ1v) is 8.11. The zero-order valence-electron chi connectivity index (χ0n) is 12.8. The van der Waals surface area contributed by atoms with E-state index in [-0.39, 0.29) is 11.4 Å². The Balaban J connectivity index is 1.95. The van der Waals surface area contributed by atoms with Crippen molar-refractivity contribution in [3.63, 3.8) is 0 Å². The fourth-order valence-electron chi connectivity index (χ4n) is 4.14. The number of rotatable bonds is 4. The Hall–Kier alpha value is -0.570. The van der Waals surface area contributed by atoms with Crippen molar-refractivity contribution in [2.24, 2.45) is 11.8 Å². The molecule has 2 fully saturated rings. The largest absolute Gasteiger partial charge is 0.352 e. The van der Waals surface area contributed by atoms with Crippen LogP contribution in [-0.4, -0.2) is 24.0 Å². The van der Waals surface area contributed by atoms with Crippen LogP contribution >= 0.6 is 0 Å². The average Bonchev–Trinajstić information content (AvgIpc) is 2.78. The number of hydrogen-bond donors (Lipinski definition) is 2. The molecule has 0 aromatic carbocycles. The molecule has 3 unspecified atom stereocenters. The molecule has 2 rings (SSSR count). The van der Waals surface area contributed by atoms with Crippen LogP contribution in [0.2, 0.25) is 0 Å². The second kappa shape index (κ2) is 6.25. The summed E-state index contributed by atoms with van der Waals surface area (Å²) in [7, 11) is 0. The minimum Gasteiger partial charge on any atom is -0.352 e. The first kappa shape index (κ1) is 14.8. The maximum absolute atomic E-state index is 12.7. The van der Waals surface area contributed by atoms with Crippen molar-refractivity contribution in [2.75, 3.05) is 6.54 Å². The van der Waals surface area contributed by atoms with Gasteiger partial charge in [0.15, 0.2) is 0 Å². The summed E-state index contributed by atoms with van der Waals surface area (Å²) in [5, 5.41) is 6.82. The van der Waals surface area contributed by atoms with Crippen molar-refractivity contribution in [1.29, 1.82) is 0 Å². The van der Waals surface area contributed by atoms with E-state index in [1.54, 1.807) is 0 Å². The predicted molar refractivity (Wildman–Crippen MR) is 79.0 cm³/mol. The summed E-state index contributed by atoms with van der Waals surface area (Å²) in [6.45, 7) is 7.78. The molecule has 110 valence electrons. The summed E-state index contributed by atoms with van der Waals surface area (Å²) in [6, 6.07) is 0.391. The molecule has 1 amide bonds. The monoisotopic (exact) mass is 266 g/mol. The Morgan fingerprint density at radius 3 is 2.47 bits per heavy atom. The van der Waals surface area contributed by atoms with Gasteiger partial charge in [0.05, 0.1) is 5.54 Å². The minimum absolute atomic E-state index is 0.262. The van der Waals surface area contributed by atoms with Crippen LogP contribution in [0.5, 0.6) is 0 Å². The van der Waals surface area contributed by atoms with E-state index >= 15 is 0 Å². The molecule has 3 heteroatoms. The first-order chi connectivity index (χ1) is 9.05. The first-order valence-electron chi connectivity index (χ1n) is 8.11. The SMILES string of the molecule is CCCC1(C(=O)NC2CC(C)CC(C)C2)CCCN1. The lowest BCUT2D eigenvalue weighted by atomic mass is 9.80. The van der Waals surface area contributed by atoms with Crippen molar-refractivity contribution in [1.82, 2.24) is 10.6 Å². The number of hydrogen-bond acceptors (Lipinski definition) is 2. The van der Waals surface area contributed by atoms with E-state index < -0.39 is 0 Å². The maximum Gasteiger partial charge on any atom is 0.240 e. The Labute approximate surface area is 117 Å². The molecule has 19 heavy (non-hydrogen) atoms. The zero-order chi connectivity index (χ0) is 13.9. The number of amides is 1. The van der Waals surface area contributed by atoms with Gasteiger partial charge in [0.2, 0.25) is 5.91 Å². The van der Waals surface area contributed by atoms with Crippen molar-refractivity contribution in [3.05, 3.63) is 0 Å². The van der Waals surface area contributed by atoms with E-state index in [9.17, 15) is 4.79 Å². The molecule has 3 nitrogen and oxygen atoms in total. The Morgan fingerprint density at radius 2 is 1.95 bits per heavy atom. The molecule has 0 aromatic rings. The highest BCUT2D eigenvalue weighted by Crippen LogP contribution is 2.30. The number of carbonyl (C=O) groups excluding carboxylic acids is 1. The molecule has 2 N–H and O–H groups in total. The smallest absolute Gasteiger partial charge is 0.240 e. The summed E-state index contributed by atoms with van der Waals surface area (Å²) in [5.41, 5.74) is -0.265. The van der Waals surface area contributed by atoms with Gasteiger partial charge in [0.25, 0.3) is 0 Å². The molecule has 0 radical (unpaired) electrons. The molecular formula is C16H30N2O. The summed E-state index contributed by atoms with van der Waals surface area (Å²) in [5.74, 6) is 1.75. The highest BCUT2D eigenvalue weighted by atomic mass is 16.2. The second-order valence-corrected chi connectivity index (χ2v) is 6.95. The highest BCUT2D eigenvalue weighted by Gasteiger charge is 2.41. The summed E-state index contributed by atoms with van der Waals surface area (Å²) in [4.78, 5) is 12.7. The van der Waals surface area contributed by atoms with Gasteiger partial charge in [-0.05, 0) is 56.9 Å². The summed E-state index contributed by atoms with van der Waals surface area (Å²) >= 11 is 0. The average molecular weight is 266 g/mol. The van der Waals surface area contributed by atoms with Crippen LogP contribution in [0, 0.1) is 11.8 Å². The Bertz CT molecular complexity index is 300. The quantitative estimate of drug-likeness (QED) is 0.821. The molecule has 1 aliphatic carbocycles. The topological polar surface area (TPSA) is 41.1 Å². The summed E-state index contributed by atoms with van der Waals surface area (Å²) in [6.07, 6.45) is 7.78. The van der Waals surface area contributed by atoms with Crippen LogP contribution < -0.4 is 10.6 Å². The third-order valence-corrected chi connectivity index (χ3v) is 4.87. The normalized spacial score (nSPS) is 39.2. The number of carbonyl (C=O) groups is 1. The zero-order valence-corrected chi connectivity index (χ0v) is 12.8. The Morgan fingerprint density at radius 1 is 1.26 bits per heavy atom. The molecule has 0 bridgehead atoms. The van der Waals surface area contributed by atoms with Crippen LogP contribution in [-0.2, 0) is 4.79 Å². The molecular weight excluding hydrogens is 236 g/mol. The van der Waals surface area contributed by atoms with Gasteiger partial charge >= 0.3 is 0 Å². The van der Waals surface area contributed by atoms with E-state index in [4.69, 9.17) is 0 Å². The fourth-order valence-corrected chi connectivity index (χ4v) is 4.14. The predicted octanol–water partition coefficient (Wildman–Crippen LogP) is 2.85. The molecule has 3 atom stereocenters. The number of nitrogens with one attached hydrogen (secondary N) is 2. The van der Waals surface area contributed by atoms with Crippen LogP contribution in [0.4, 0.5) is 0 Å². The molecule has 0 aromatic heterocycles. The van der Waals surface area contributed by atoms with Gasteiger partial charge in [-0.15, -0.1) is 0 Å². The van der Waals surface area contributed by atoms with E-state index in [0.29, 0.717) is 6.04 Å². The van der Waals surface area contributed by atoms with Gasteiger partial charge in [-0.1, -0.05) is 27.2 Å². The van der Waals surface area contributed by atoms with Crippen molar-refractivity contribution >= 4 is 5.91 Å². The molecule has 2 aliphatic rings. The van der Waals surface area contributed by atoms with Crippen LogP contribution in [0.1, 0.15) is 65.7 Å². The minimum atomic E-state index is -0.265. The van der Waals surface area contributed by atoms with Crippen LogP contribution in [0.15, 0.2) is 0 Å². The van der Waals surface area contributed by atoms with Crippen LogP contribution in [0.3, 0.4) is 0 Å². The van der Waals surface area contributed by atoms with Gasteiger partial charge < -0.3 is 10.6 Å². The molecule has 1 saturated carbocycles. The lowest BCUT2D eigenvalue weighted by Crippen LogP contribution is -2.56. The van der Waals surface area contributed by atoms with Gasteiger partial charge in [-0.2, -0.15) is 0 Å². The van der Waals surface area contributed by atoms with E-state index in [1.807, 2.05) is 0 Å². The fraction of sp³-hybridized carbons (Fsp3) is 0.938. The van der Waals surface area contributed by atoms with Gasteiger partial charge in [-0.25, -0.2) is 0 Å². The standard InChI is InChI=1S/C16H30N2O/c1-4-6-16(7-5-8-17-16)15(19)18-14-10-12(2)9-13(3)11-14/h12-14,17H,4-11H2,1-3H3,(H,18,19). The lowest BCUT2D eigenvalue weighted by molar-refractivity contribution is -0.128. The lowest BCUT2D eigenvalue weighted by Gasteiger charge is -2.35. The van der Waals surface area contributed by atoms with Crippen LogP contribution in [0.25, 0.3) is 0 Å². The second-order valence-electron chi connectivity index (χ2n) is 6.95. The van der Waals surface area contributed by atoms with Gasteiger partial charge in [0.1, 0.15) is 0 Å². The van der Waals surface area contributed by atoms with Gasteiger partial charge in [-0.3, -0.25) is 4.79 Å². The maximum atomic E-state index is 12.7.